The number of carbonyl (C=O) groups is 1. The molecule has 0 aromatic heterocycles. The van der Waals surface area contributed by atoms with Crippen molar-refractivity contribution in [1.29, 1.82) is 5.41 Å². The molecule has 0 bridgehead atoms. The number of amides is 1. The standard InChI is InChI=1S/C21H22F3N5O3/c1-4-17(28-11-15(12-28)31-3)19-16(10-26-18(30)5-2)27-29(20(19)25)13-6-8-14(9-7-13)32-21(22,23)24/h4-9,15,25H,1-2,10-12H2,3H3,(H,26,30)/b19-17+,25-20?. The molecule has 1 fully saturated rings. The molecule has 1 amide bonds. The Bertz CT molecular complexity index is 979. The maximum Gasteiger partial charge on any atom is 0.573 e. The van der Waals surface area contributed by atoms with Crippen molar-refractivity contribution in [2.24, 2.45) is 5.10 Å². The average Bonchev–Trinajstić information content (AvgIpc) is 3.04. The number of methoxy groups -OCH3 is 1. The van der Waals surface area contributed by atoms with Crippen LogP contribution in [0.5, 0.6) is 5.75 Å². The number of hydrazone groups is 1. The molecule has 170 valence electrons. The van der Waals surface area contributed by atoms with E-state index in [0.717, 1.165) is 18.2 Å². The fraction of sp³-hybridized carbons (Fsp3) is 0.286. The third-order valence-corrected chi connectivity index (χ3v) is 4.86. The molecule has 1 aromatic rings. The largest absolute Gasteiger partial charge is 0.573 e. The zero-order chi connectivity index (χ0) is 23.5. The first-order valence-electron chi connectivity index (χ1n) is 9.54. The van der Waals surface area contributed by atoms with Gasteiger partial charge in [0.15, 0.2) is 5.84 Å². The number of anilines is 1. The number of nitrogens with zero attached hydrogens (tertiary/aromatic N) is 3. The van der Waals surface area contributed by atoms with Crippen LogP contribution in [0.4, 0.5) is 18.9 Å². The third kappa shape index (κ3) is 4.99. The van der Waals surface area contributed by atoms with Gasteiger partial charge >= 0.3 is 6.36 Å². The summed E-state index contributed by atoms with van der Waals surface area (Å²) in [5.41, 5.74) is 1.86. The van der Waals surface area contributed by atoms with Crippen LogP contribution in [0.15, 0.2) is 65.9 Å². The van der Waals surface area contributed by atoms with Gasteiger partial charge in [0, 0.05) is 25.9 Å². The SMILES string of the molecule is C=CC(=O)NCC1=NN(c2ccc(OC(F)(F)F)cc2)C(=N)/C1=C(\C=C)N1CC(OC)C1. The van der Waals surface area contributed by atoms with Gasteiger partial charge in [-0.15, -0.1) is 13.2 Å². The van der Waals surface area contributed by atoms with E-state index in [9.17, 15) is 18.0 Å². The molecule has 0 atom stereocenters. The first kappa shape index (κ1) is 23.1. The molecule has 0 saturated carbocycles. The minimum absolute atomic E-state index is 0.00638. The summed E-state index contributed by atoms with van der Waals surface area (Å²) in [7, 11) is 1.62. The first-order valence-corrected chi connectivity index (χ1v) is 9.54. The number of benzene rings is 1. The van der Waals surface area contributed by atoms with Crippen molar-refractivity contribution in [3.63, 3.8) is 0 Å². The molecule has 2 N–H and O–H groups in total. The molecule has 0 unspecified atom stereocenters. The maximum absolute atomic E-state index is 12.4. The van der Waals surface area contributed by atoms with Gasteiger partial charge in [-0.25, -0.2) is 5.01 Å². The second-order valence-electron chi connectivity index (χ2n) is 6.90. The third-order valence-electron chi connectivity index (χ3n) is 4.86. The minimum atomic E-state index is -4.80. The number of carbonyl (C=O) groups excluding carboxylic acids is 1. The van der Waals surface area contributed by atoms with Crippen molar-refractivity contribution in [2.45, 2.75) is 12.5 Å². The molecule has 2 aliphatic heterocycles. The molecule has 11 heteroatoms. The number of halogens is 3. The number of hydrogen-bond acceptors (Lipinski definition) is 6. The van der Waals surface area contributed by atoms with Gasteiger partial charge in [0.25, 0.3) is 0 Å². The highest BCUT2D eigenvalue weighted by atomic mass is 19.4. The van der Waals surface area contributed by atoms with E-state index in [1.165, 1.54) is 17.1 Å². The Labute approximate surface area is 182 Å². The van der Waals surface area contributed by atoms with Crippen molar-refractivity contribution in [3.8, 4) is 5.75 Å². The summed E-state index contributed by atoms with van der Waals surface area (Å²) in [5.74, 6) is -0.800. The zero-order valence-corrected chi connectivity index (χ0v) is 17.3. The number of rotatable bonds is 8. The lowest BCUT2D eigenvalue weighted by molar-refractivity contribution is -0.274. The summed E-state index contributed by atoms with van der Waals surface area (Å²) >= 11 is 0. The average molecular weight is 449 g/mol. The van der Waals surface area contributed by atoms with Gasteiger partial charge in [-0.3, -0.25) is 10.2 Å². The molecule has 1 saturated heterocycles. The van der Waals surface area contributed by atoms with Crippen molar-refractivity contribution in [3.05, 3.63) is 60.8 Å². The molecule has 32 heavy (non-hydrogen) atoms. The zero-order valence-electron chi connectivity index (χ0n) is 17.3. The topological polar surface area (TPSA) is 90.2 Å². The molecule has 0 spiro atoms. The first-order chi connectivity index (χ1) is 15.2. The van der Waals surface area contributed by atoms with Crippen molar-refractivity contribution in [1.82, 2.24) is 10.2 Å². The molecule has 2 heterocycles. The fourth-order valence-corrected chi connectivity index (χ4v) is 3.25. The van der Waals surface area contributed by atoms with E-state index in [0.29, 0.717) is 35.8 Å². The molecule has 2 aliphatic rings. The van der Waals surface area contributed by atoms with Gasteiger partial charge in [-0.05, 0) is 36.4 Å². The smallest absolute Gasteiger partial charge is 0.406 e. The van der Waals surface area contributed by atoms with Crippen LogP contribution in [-0.4, -0.2) is 61.6 Å². The molecular weight excluding hydrogens is 427 g/mol. The lowest BCUT2D eigenvalue weighted by atomic mass is 10.0. The normalized spacial score (nSPS) is 18.1. The lowest BCUT2D eigenvalue weighted by Gasteiger charge is -2.41. The molecule has 0 aliphatic carbocycles. The van der Waals surface area contributed by atoms with E-state index >= 15 is 0 Å². The van der Waals surface area contributed by atoms with Gasteiger partial charge in [0.2, 0.25) is 5.91 Å². The monoisotopic (exact) mass is 449 g/mol. The molecule has 3 rings (SSSR count). The maximum atomic E-state index is 12.4. The minimum Gasteiger partial charge on any atom is -0.406 e. The number of ether oxygens (including phenoxy) is 2. The van der Waals surface area contributed by atoms with Crippen LogP contribution < -0.4 is 15.1 Å². The van der Waals surface area contributed by atoms with Gasteiger partial charge in [-0.1, -0.05) is 13.2 Å². The van der Waals surface area contributed by atoms with Crippen molar-refractivity contribution < 1.29 is 27.4 Å². The van der Waals surface area contributed by atoms with Crippen LogP contribution in [0.25, 0.3) is 0 Å². The van der Waals surface area contributed by atoms with Crippen molar-refractivity contribution >= 4 is 23.1 Å². The van der Waals surface area contributed by atoms with Crippen molar-refractivity contribution in [2.75, 3.05) is 31.8 Å². The number of hydrogen-bond donors (Lipinski definition) is 2. The summed E-state index contributed by atoms with van der Waals surface area (Å²) in [6.45, 7) is 8.48. The Morgan fingerprint density at radius 1 is 1.28 bits per heavy atom. The van der Waals surface area contributed by atoms with E-state index in [1.54, 1.807) is 13.2 Å². The molecular formula is C21H22F3N5O3. The summed E-state index contributed by atoms with van der Waals surface area (Å²) < 4.78 is 46.5. The van der Waals surface area contributed by atoms with Gasteiger partial charge < -0.3 is 19.7 Å². The highest BCUT2D eigenvalue weighted by molar-refractivity contribution is 6.32. The van der Waals surface area contributed by atoms with Gasteiger partial charge in [0.1, 0.15) is 5.75 Å². The summed E-state index contributed by atoms with van der Waals surface area (Å²) in [6, 6.07) is 5.00. The Balaban J connectivity index is 1.92. The number of nitrogens with one attached hydrogen (secondary N) is 2. The van der Waals surface area contributed by atoms with Crippen LogP contribution in [0, 0.1) is 5.41 Å². The van der Waals surface area contributed by atoms with Crippen LogP contribution >= 0.6 is 0 Å². The molecule has 0 radical (unpaired) electrons. The Morgan fingerprint density at radius 2 is 1.94 bits per heavy atom. The van der Waals surface area contributed by atoms with Gasteiger partial charge in [0.05, 0.1) is 29.6 Å². The Morgan fingerprint density at radius 3 is 2.47 bits per heavy atom. The van der Waals surface area contributed by atoms with Gasteiger partial charge in [-0.2, -0.15) is 5.10 Å². The van der Waals surface area contributed by atoms with Crippen LogP contribution in [0.3, 0.4) is 0 Å². The van der Waals surface area contributed by atoms with E-state index in [4.69, 9.17) is 10.1 Å². The number of alkyl halides is 3. The summed E-state index contributed by atoms with van der Waals surface area (Å²) in [6.07, 6.45) is -2.03. The Kier molecular flexibility index (Phi) is 6.68. The second-order valence-corrected chi connectivity index (χ2v) is 6.90. The predicted molar refractivity (Wildman–Crippen MR) is 114 cm³/mol. The van der Waals surface area contributed by atoms with Crippen LogP contribution in [0.1, 0.15) is 0 Å². The number of likely N-dealkylation sites (tertiary alicyclic amines) is 1. The van der Waals surface area contributed by atoms with E-state index in [2.05, 4.69) is 28.3 Å². The molecule has 1 aromatic carbocycles. The van der Waals surface area contributed by atoms with E-state index in [-0.39, 0.29) is 24.2 Å². The predicted octanol–water partition coefficient (Wildman–Crippen LogP) is 2.81. The highest BCUT2D eigenvalue weighted by Crippen LogP contribution is 2.31. The van der Waals surface area contributed by atoms with E-state index in [1.807, 2.05) is 4.90 Å². The Hall–Kier alpha value is -3.60. The highest BCUT2D eigenvalue weighted by Gasteiger charge is 2.36. The molecule has 8 nitrogen and oxygen atoms in total. The number of allylic oxidation sites excluding steroid dienone is 1. The number of amidine groups is 1. The summed E-state index contributed by atoms with van der Waals surface area (Å²) in [5, 5.41) is 17.0. The lowest BCUT2D eigenvalue weighted by Crippen LogP contribution is -2.51. The van der Waals surface area contributed by atoms with E-state index < -0.39 is 12.3 Å². The summed E-state index contributed by atoms with van der Waals surface area (Å²) in [4.78, 5) is 13.6. The second kappa shape index (κ2) is 9.27. The quantitative estimate of drug-likeness (QED) is 0.596. The van der Waals surface area contributed by atoms with Crippen LogP contribution in [0.2, 0.25) is 0 Å². The van der Waals surface area contributed by atoms with Crippen LogP contribution in [-0.2, 0) is 9.53 Å². The fourth-order valence-electron chi connectivity index (χ4n) is 3.25.